The Bertz CT molecular complexity index is 950. The summed E-state index contributed by atoms with van der Waals surface area (Å²) in [5.74, 6) is -1.50. The minimum Gasteiger partial charge on any atom is -0.346 e. The summed E-state index contributed by atoms with van der Waals surface area (Å²) in [7, 11) is 0. The van der Waals surface area contributed by atoms with E-state index in [2.05, 4.69) is 10.6 Å². The molecule has 0 aromatic heterocycles. The largest absolute Gasteiger partial charge is 0.346 e. The van der Waals surface area contributed by atoms with Crippen LogP contribution in [0.2, 0.25) is 0 Å². The molecular formula is C32H50N2O5S. The van der Waals surface area contributed by atoms with Crippen LogP contribution in [-0.4, -0.2) is 53.8 Å². The molecule has 0 aliphatic carbocycles. The molecule has 8 heteroatoms. The highest BCUT2D eigenvalue weighted by atomic mass is 32.2. The van der Waals surface area contributed by atoms with Gasteiger partial charge in [-0.2, -0.15) is 11.8 Å². The monoisotopic (exact) mass is 574 g/mol. The Kier molecular flexibility index (Phi) is 16.7. The van der Waals surface area contributed by atoms with E-state index in [1.165, 1.54) is 0 Å². The fraction of sp³-hybridized carbons (Fsp3) is 0.656. The van der Waals surface area contributed by atoms with E-state index in [0.29, 0.717) is 25.7 Å². The fourth-order valence-electron chi connectivity index (χ4n) is 4.71. The Morgan fingerprint density at radius 3 is 2.08 bits per heavy atom. The average molecular weight is 575 g/mol. The van der Waals surface area contributed by atoms with Crippen molar-refractivity contribution in [3.63, 3.8) is 0 Å². The lowest BCUT2D eigenvalue weighted by molar-refractivity contribution is -0.135. The van der Waals surface area contributed by atoms with Gasteiger partial charge in [-0.3, -0.25) is 19.2 Å². The Balaban J connectivity index is 3.24. The number of carbonyl (C=O) groups is 5. The number of hydrogen-bond donors (Lipinski definition) is 2. The predicted molar refractivity (Wildman–Crippen MR) is 163 cm³/mol. The predicted octanol–water partition coefficient (Wildman–Crippen LogP) is 5.05. The maximum Gasteiger partial charge on any atom is 0.224 e. The molecule has 5 unspecified atom stereocenters. The number of rotatable bonds is 20. The van der Waals surface area contributed by atoms with Crippen molar-refractivity contribution in [2.24, 2.45) is 29.6 Å². The number of carbonyl (C=O) groups excluding carboxylic acids is 5. The van der Waals surface area contributed by atoms with Crippen LogP contribution >= 0.6 is 11.8 Å². The molecule has 0 aliphatic rings. The first-order chi connectivity index (χ1) is 18.9. The number of nitrogens with one attached hydrogen (secondary N) is 2. The third kappa shape index (κ3) is 12.4. The number of benzene rings is 1. The molecule has 2 N–H and O–H groups in total. The molecule has 2 amide bonds. The van der Waals surface area contributed by atoms with Crippen LogP contribution in [0.15, 0.2) is 30.3 Å². The first-order valence-corrected chi connectivity index (χ1v) is 16.0. The van der Waals surface area contributed by atoms with Gasteiger partial charge in [-0.05, 0) is 48.7 Å². The third-order valence-corrected chi connectivity index (χ3v) is 8.00. The second kappa shape index (κ2) is 18.8. The Labute approximate surface area is 245 Å². The van der Waals surface area contributed by atoms with Crippen molar-refractivity contribution < 1.29 is 24.0 Å². The van der Waals surface area contributed by atoms with Crippen molar-refractivity contribution in [2.75, 3.05) is 12.0 Å². The molecule has 0 spiro atoms. The lowest BCUT2D eigenvalue weighted by Crippen LogP contribution is -2.50. The number of thioether (sulfide) groups is 1. The van der Waals surface area contributed by atoms with E-state index < -0.39 is 23.9 Å². The molecule has 7 nitrogen and oxygen atoms in total. The summed E-state index contributed by atoms with van der Waals surface area (Å²) in [5, 5.41) is 5.89. The van der Waals surface area contributed by atoms with Crippen molar-refractivity contribution in [2.45, 2.75) is 92.2 Å². The van der Waals surface area contributed by atoms with Gasteiger partial charge in [0.15, 0.2) is 11.6 Å². The van der Waals surface area contributed by atoms with Crippen molar-refractivity contribution in [3.05, 3.63) is 35.9 Å². The lowest BCUT2D eigenvalue weighted by Gasteiger charge is -2.28. The van der Waals surface area contributed by atoms with Gasteiger partial charge < -0.3 is 15.4 Å². The summed E-state index contributed by atoms with van der Waals surface area (Å²) in [6.45, 7) is 11.5. The van der Waals surface area contributed by atoms with Crippen LogP contribution in [0.1, 0.15) is 79.2 Å². The summed E-state index contributed by atoms with van der Waals surface area (Å²) in [6, 6.07) is 8.12. The maximum absolute atomic E-state index is 13.7. The van der Waals surface area contributed by atoms with Crippen LogP contribution < -0.4 is 10.6 Å². The van der Waals surface area contributed by atoms with E-state index in [9.17, 15) is 24.0 Å². The number of Topliss-reactive ketones (excluding diaryl/α,β-unsaturated/α-hetero) is 2. The van der Waals surface area contributed by atoms with Crippen molar-refractivity contribution in [1.82, 2.24) is 10.6 Å². The molecule has 40 heavy (non-hydrogen) atoms. The molecule has 0 fully saturated rings. The van der Waals surface area contributed by atoms with Crippen molar-refractivity contribution in [3.8, 4) is 0 Å². The quantitative estimate of drug-likeness (QED) is 0.211. The molecule has 1 aromatic rings. The molecule has 0 saturated heterocycles. The van der Waals surface area contributed by atoms with Crippen LogP contribution in [-0.2, 0) is 30.4 Å². The molecule has 0 saturated carbocycles. The van der Waals surface area contributed by atoms with Gasteiger partial charge in [0.25, 0.3) is 0 Å². The van der Waals surface area contributed by atoms with Crippen LogP contribution in [0.3, 0.4) is 0 Å². The van der Waals surface area contributed by atoms with Gasteiger partial charge in [-0.15, -0.1) is 0 Å². The zero-order chi connectivity index (χ0) is 30.2. The molecule has 1 rings (SSSR count). The van der Waals surface area contributed by atoms with Crippen molar-refractivity contribution >= 4 is 41.4 Å². The molecular weight excluding hydrogens is 524 g/mol. The minimum atomic E-state index is -0.768. The lowest BCUT2D eigenvalue weighted by atomic mass is 9.86. The summed E-state index contributed by atoms with van der Waals surface area (Å²) in [4.78, 5) is 64.6. The highest BCUT2D eigenvalue weighted by Gasteiger charge is 2.34. The molecule has 1 aromatic carbocycles. The minimum absolute atomic E-state index is 0.0250. The van der Waals surface area contributed by atoms with Crippen LogP contribution in [0.5, 0.6) is 0 Å². The molecule has 0 bridgehead atoms. The van der Waals surface area contributed by atoms with Gasteiger partial charge in [0, 0.05) is 30.6 Å². The van der Waals surface area contributed by atoms with Gasteiger partial charge in [-0.1, -0.05) is 78.3 Å². The Hall–Kier alpha value is -2.48. The smallest absolute Gasteiger partial charge is 0.224 e. The molecule has 224 valence electrons. The van der Waals surface area contributed by atoms with E-state index >= 15 is 0 Å². The topological polar surface area (TPSA) is 109 Å². The maximum atomic E-state index is 13.7. The van der Waals surface area contributed by atoms with Gasteiger partial charge in [0.2, 0.25) is 11.8 Å². The summed E-state index contributed by atoms with van der Waals surface area (Å²) >= 11 is 1.60. The molecule has 0 aliphatic heterocycles. The molecule has 0 heterocycles. The Morgan fingerprint density at radius 2 is 1.55 bits per heavy atom. The summed E-state index contributed by atoms with van der Waals surface area (Å²) in [6.07, 6.45) is 4.80. The summed E-state index contributed by atoms with van der Waals surface area (Å²) in [5.41, 5.74) is 0.915. The highest BCUT2D eigenvalue weighted by molar-refractivity contribution is 7.98. The van der Waals surface area contributed by atoms with Gasteiger partial charge in [0.1, 0.15) is 6.29 Å². The molecule has 0 radical (unpaired) electrons. The van der Waals surface area contributed by atoms with Crippen LogP contribution in [0, 0.1) is 29.6 Å². The SMILES string of the molecule is CCC(C)C(NC(=O)C(CC=O)CCSC)C(=O)CC(Cc1ccccc1)C(=O)NC(CC(C)C)C(=O)C(C)C. The zero-order valence-electron chi connectivity index (χ0n) is 25.4. The van der Waals surface area contributed by atoms with Crippen molar-refractivity contribution in [1.29, 1.82) is 0 Å². The third-order valence-electron chi connectivity index (χ3n) is 7.36. The number of aldehydes is 1. The first-order valence-electron chi connectivity index (χ1n) is 14.6. The van der Waals surface area contributed by atoms with Gasteiger partial charge in [0.05, 0.1) is 12.1 Å². The first kappa shape index (κ1) is 35.5. The van der Waals surface area contributed by atoms with E-state index in [4.69, 9.17) is 0 Å². The molecule has 5 atom stereocenters. The summed E-state index contributed by atoms with van der Waals surface area (Å²) < 4.78 is 0. The zero-order valence-corrected chi connectivity index (χ0v) is 26.2. The van der Waals surface area contributed by atoms with Crippen LogP contribution in [0.25, 0.3) is 0 Å². The Morgan fingerprint density at radius 1 is 0.925 bits per heavy atom. The number of hydrogen-bond acceptors (Lipinski definition) is 6. The normalized spacial score (nSPS) is 15.1. The average Bonchev–Trinajstić information content (AvgIpc) is 2.92. The van der Waals surface area contributed by atoms with Gasteiger partial charge in [-0.25, -0.2) is 0 Å². The van der Waals surface area contributed by atoms with Gasteiger partial charge >= 0.3 is 0 Å². The highest BCUT2D eigenvalue weighted by Crippen LogP contribution is 2.21. The van der Waals surface area contributed by atoms with E-state index in [0.717, 1.165) is 17.6 Å². The van der Waals surface area contributed by atoms with Crippen LogP contribution in [0.4, 0.5) is 0 Å². The van der Waals surface area contributed by atoms with E-state index in [1.807, 2.05) is 78.1 Å². The van der Waals surface area contributed by atoms with E-state index in [1.54, 1.807) is 11.8 Å². The number of amides is 2. The second-order valence-electron chi connectivity index (χ2n) is 11.6. The standard InChI is InChI=1S/C32H50N2O5S/c1-8-23(6)29(34-31(38)25(14-16-35)15-17-40-7)28(36)20-26(19-24-12-10-9-11-13-24)32(39)33-27(18-21(2)3)30(37)22(4)5/h9-13,16,21-23,25-27,29H,8,14-15,17-20H2,1-7H3,(H,33,39)(H,34,38). The second-order valence-corrected chi connectivity index (χ2v) is 12.5. The fourth-order valence-corrected chi connectivity index (χ4v) is 5.23. The number of ketones is 2. The van der Waals surface area contributed by atoms with E-state index in [-0.39, 0.29) is 54.0 Å².